The van der Waals surface area contributed by atoms with Crippen LogP contribution in [0.5, 0.6) is 0 Å². The zero-order valence-corrected chi connectivity index (χ0v) is 15.5. The Hall–Kier alpha value is 0.250. The van der Waals surface area contributed by atoms with Gasteiger partial charge < -0.3 is 4.90 Å². The molecule has 4 nitrogen and oxygen atoms in total. The summed E-state index contributed by atoms with van der Waals surface area (Å²) in [5.41, 5.74) is 0. The molecule has 1 aliphatic heterocycles. The fourth-order valence-electron chi connectivity index (χ4n) is 3.03. The summed E-state index contributed by atoms with van der Waals surface area (Å²) in [7, 11) is -2.82. The zero-order chi connectivity index (χ0) is 16.1. The molecule has 1 fully saturated rings. The van der Waals surface area contributed by atoms with Crippen molar-refractivity contribution in [1.29, 1.82) is 0 Å². The van der Waals surface area contributed by atoms with Gasteiger partial charge in [-0.3, -0.25) is 9.11 Å². The predicted octanol–water partition coefficient (Wildman–Crippen LogP) is 4.21. The van der Waals surface area contributed by atoms with Crippen LogP contribution in [0.25, 0.3) is 0 Å². The Morgan fingerprint density at radius 3 is 1.73 bits per heavy atom. The molecule has 22 heavy (non-hydrogen) atoms. The Balaban J connectivity index is 1.73. The van der Waals surface area contributed by atoms with Crippen LogP contribution < -0.4 is 0 Å². The van der Waals surface area contributed by atoms with Crippen LogP contribution in [0.3, 0.4) is 0 Å². The average Bonchev–Trinajstić information content (AvgIpc) is 2.96. The lowest BCUT2D eigenvalue weighted by Crippen LogP contribution is -2.20. The number of likely N-dealkylation sites (tertiary alicyclic amines) is 1. The maximum absolute atomic E-state index is 10.6. The summed E-state index contributed by atoms with van der Waals surface area (Å²) in [5, 5.41) is 0. The van der Waals surface area contributed by atoms with Gasteiger partial charge in [-0.25, -0.2) is 0 Å². The van der Waals surface area contributed by atoms with Gasteiger partial charge in [-0.1, -0.05) is 44.9 Å². The van der Waals surface area contributed by atoms with Gasteiger partial charge in [0.1, 0.15) is 0 Å². The van der Waals surface area contributed by atoms with Crippen molar-refractivity contribution in [3.05, 3.63) is 0 Å². The first-order valence-corrected chi connectivity index (χ1v) is 11.9. The first-order chi connectivity index (χ1) is 10.6. The van der Waals surface area contributed by atoms with Gasteiger partial charge in [-0.15, -0.1) is 0 Å². The van der Waals surface area contributed by atoms with Crippen LogP contribution in [-0.4, -0.2) is 43.6 Å². The van der Waals surface area contributed by atoms with Gasteiger partial charge in [0, 0.05) is 6.42 Å². The summed E-state index contributed by atoms with van der Waals surface area (Å²) in [6.45, 7) is 3.96. The predicted molar refractivity (Wildman–Crippen MR) is 97.5 cm³/mol. The molecule has 0 spiro atoms. The summed E-state index contributed by atoms with van der Waals surface area (Å²) in [4.78, 5) is 2.60. The normalized spacial score (nSPS) is 16.3. The summed E-state index contributed by atoms with van der Waals surface area (Å²) >= 11 is 0. The fourth-order valence-corrected chi connectivity index (χ4v) is 4.57. The van der Waals surface area contributed by atoms with Crippen molar-refractivity contribution in [1.82, 2.24) is 4.90 Å². The van der Waals surface area contributed by atoms with Crippen LogP contribution in [0.2, 0.25) is 0 Å². The number of nitrogens with zero attached hydrogens (tertiary/aromatic N) is 1. The second kappa shape index (κ2) is 12.6. The smallest absolute Gasteiger partial charge is 0.303 e. The zero-order valence-electron chi connectivity index (χ0n) is 13.9. The number of unbranched alkanes of at least 4 members (excludes halogenated alkanes) is 9. The summed E-state index contributed by atoms with van der Waals surface area (Å²) in [5.74, 6) is 0.572. The molecule has 0 saturated carbocycles. The summed E-state index contributed by atoms with van der Waals surface area (Å²) in [6, 6.07) is 0. The molecule has 0 bridgehead atoms. The maximum atomic E-state index is 10.6. The van der Waals surface area contributed by atoms with Crippen molar-refractivity contribution >= 4 is 19.4 Å². The Labute approximate surface area is 140 Å². The van der Waals surface area contributed by atoms with Crippen LogP contribution >= 0.6 is 0 Å². The molecular weight excluding hydrogens is 318 g/mol. The van der Waals surface area contributed by atoms with Crippen LogP contribution in [0.4, 0.5) is 0 Å². The lowest BCUT2D eigenvalue weighted by atomic mass is 10.1. The third-order valence-corrected chi connectivity index (χ3v) is 6.49. The van der Waals surface area contributed by atoms with Gasteiger partial charge in [-0.05, 0) is 45.3 Å². The largest absolute Gasteiger partial charge is 0.430 e. The van der Waals surface area contributed by atoms with E-state index in [1.54, 1.807) is 0 Å². The van der Waals surface area contributed by atoms with Crippen molar-refractivity contribution in [2.45, 2.75) is 77.0 Å². The van der Waals surface area contributed by atoms with Crippen LogP contribution in [0, 0.1) is 0 Å². The molecule has 1 heterocycles. The van der Waals surface area contributed by atoms with Gasteiger partial charge >= 0.3 is 9.05 Å². The topological polar surface area (TPSA) is 60.8 Å². The van der Waals surface area contributed by atoms with Gasteiger partial charge in [0.15, 0.2) is 5.75 Å². The summed E-state index contributed by atoms with van der Waals surface area (Å²) in [6.07, 6.45) is 15.5. The molecule has 0 aromatic heterocycles. The molecule has 132 valence electrons. The minimum absolute atomic E-state index is 0.572. The highest BCUT2D eigenvalue weighted by atomic mass is 32.9. The van der Waals surface area contributed by atoms with Crippen molar-refractivity contribution in [3.63, 3.8) is 0 Å². The van der Waals surface area contributed by atoms with E-state index in [0.29, 0.717) is 5.75 Å². The second-order valence-electron chi connectivity index (χ2n) is 6.35. The molecule has 0 aliphatic carbocycles. The van der Waals surface area contributed by atoms with E-state index in [4.69, 9.17) is 9.11 Å². The molecule has 0 radical (unpaired) electrons. The molecule has 6 heteroatoms. The number of rotatable bonds is 13. The average molecular weight is 353 g/mol. The number of hydrogen-bond acceptors (Lipinski definition) is 2. The van der Waals surface area contributed by atoms with Gasteiger partial charge in [0.25, 0.3) is 10.3 Å². The van der Waals surface area contributed by atoms with Crippen LogP contribution in [0.1, 0.15) is 77.0 Å². The first kappa shape index (κ1) is 20.3. The Bertz CT molecular complexity index is 368. The minimum Gasteiger partial charge on any atom is -0.303 e. The molecule has 0 aromatic rings. The lowest BCUT2D eigenvalue weighted by Gasteiger charge is -2.13. The molecule has 0 amide bonds. The quantitative estimate of drug-likeness (QED) is 0.385. The molecule has 0 atom stereocenters. The van der Waals surface area contributed by atoms with E-state index in [9.17, 15) is 4.21 Å². The molecule has 1 rings (SSSR count). The van der Waals surface area contributed by atoms with Crippen molar-refractivity contribution in [3.8, 4) is 0 Å². The van der Waals surface area contributed by atoms with Crippen molar-refractivity contribution < 1.29 is 13.3 Å². The lowest BCUT2D eigenvalue weighted by molar-refractivity contribution is 0.327. The minimum atomic E-state index is -3.58. The Morgan fingerprint density at radius 1 is 0.773 bits per heavy atom. The molecule has 0 aromatic carbocycles. The van der Waals surface area contributed by atoms with E-state index >= 15 is 0 Å². The fraction of sp³-hybridized carbons (Fsp3) is 1.00. The molecule has 1 saturated heterocycles. The van der Waals surface area contributed by atoms with E-state index in [1.165, 1.54) is 83.8 Å². The third-order valence-electron chi connectivity index (χ3n) is 4.30. The van der Waals surface area contributed by atoms with E-state index < -0.39 is 9.05 Å². The van der Waals surface area contributed by atoms with Gasteiger partial charge in [-0.2, -0.15) is 4.21 Å². The highest BCUT2D eigenvalue weighted by molar-refractivity contribution is 8.34. The molecule has 0 unspecified atom stereocenters. The SMILES string of the molecule is O=S(O)(O)=[S+]CCCCCCCCCCCCN1CCCC1. The first-order valence-electron chi connectivity index (χ1n) is 8.94. The van der Waals surface area contributed by atoms with Crippen molar-refractivity contribution in [2.75, 3.05) is 25.4 Å². The highest BCUT2D eigenvalue weighted by Gasteiger charge is 2.10. The monoisotopic (exact) mass is 352 g/mol. The van der Waals surface area contributed by atoms with E-state index in [0.717, 1.165) is 23.2 Å². The van der Waals surface area contributed by atoms with E-state index in [-0.39, 0.29) is 0 Å². The molecule has 1 aliphatic rings. The van der Waals surface area contributed by atoms with Gasteiger partial charge in [0.05, 0.1) is 0 Å². The van der Waals surface area contributed by atoms with E-state index in [2.05, 4.69) is 4.90 Å². The molecular formula is C16H34NO3S2+. The van der Waals surface area contributed by atoms with E-state index in [1.807, 2.05) is 0 Å². The third kappa shape index (κ3) is 12.8. The standard InChI is InChI=1S/C16H33NO3S2/c18-22(19,20)21-16-12-8-6-4-2-1-3-5-7-9-13-17-14-10-11-15-17/h1-16H2,(H-,18,19,20)/p+1. The summed E-state index contributed by atoms with van der Waals surface area (Å²) < 4.78 is 28.0. The van der Waals surface area contributed by atoms with Crippen LogP contribution in [-0.2, 0) is 19.4 Å². The Morgan fingerprint density at radius 2 is 1.23 bits per heavy atom. The maximum Gasteiger partial charge on any atom is 0.430 e. The van der Waals surface area contributed by atoms with Crippen LogP contribution in [0.15, 0.2) is 0 Å². The Kier molecular flexibility index (Phi) is 11.7. The van der Waals surface area contributed by atoms with Crippen molar-refractivity contribution in [2.24, 2.45) is 0 Å². The second-order valence-corrected chi connectivity index (χ2v) is 9.90. The molecule has 2 N–H and O–H groups in total. The van der Waals surface area contributed by atoms with Gasteiger partial charge in [0.2, 0.25) is 0 Å². The number of hydrogen-bond donors (Lipinski definition) is 2. The highest BCUT2D eigenvalue weighted by Crippen LogP contribution is 2.12.